The lowest BCUT2D eigenvalue weighted by molar-refractivity contribution is -0.125. The van der Waals surface area contributed by atoms with Crippen LogP contribution in [0.4, 0.5) is 5.82 Å². The number of amides is 1. The fourth-order valence-electron chi connectivity index (χ4n) is 2.60. The summed E-state index contributed by atoms with van der Waals surface area (Å²) in [5, 5.41) is 2.89. The van der Waals surface area contributed by atoms with Gasteiger partial charge < -0.3 is 16.0 Å². The Kier molecular flexibility index (Phi) is 5.70. The molecule has 1 amide bonds. The van der Waals surface area contributed by atoms with Gasteiger partial charge in [-0.05, 0) is 32.1 Å². The zero-order chi connectivity index (χ0) is 17.7. The van der Waals surface area contributed by atoms with E-state index in [-0.39, 0.29) is 23.3 Å². The van der Waals surface area contributed by atoms with Gasteiger partial charge in [0, 0.05) is 19.0 Å². The van der Waals surface area contributed by atoms with Crippen LogP contribution in [0.2, 0.25) is 0 Å². The van der Waals surface area contributed by atoms with Crippen LogP contribution in [0.5, 0.6) is 0 Å². The van der Waals surface area contributed by atoms with Crippen molar-refractivity contribution in [2.75, 3.05) is 26.4 Å². The molecule has 4 N–H and O–H groups in total. The Hall–Kier alpha value is -2.67. The van der Waals surface area contributed by atoms with Gasteiger partial charge in [0.1, 0.15) is 17.7 Å². The van der Waals surface area contributed by atoms with Crippen LogP contribution >= 0.6 is 0 Å². The van der Waals surface area contributed by atoms with E-state index in [1.165, 1.54) is 6.07 Å². The number of H-pyrrole nitrogens is 1. The molecule has 128 valence electrons. The van der Waals surface area contributed by atoms with Crippen LogP contribution < -0.4 is 16.6 Å². The van der Waals surface area contributed by atoms with Crippen molar-refractivity contribution in [1.82, 2.24) is 20.2 Å². The predicted molar refractivity (Wildman–Crippen MR) is 93.6 cm³/mol. The Bertz CT molecular complexity index is 770. The highest BCUT2D eigenvalue weighted by Gasteiger charge is 2.23. The molecular weight excluding hydrogens is 306 g/mol. The van der Waals surface area contributed by atoms with E-state index in [0.29, 0.717) is 18.8 Å². The monoisotopic (exact) mass is 329 g/mol. The van der Waals surface area contributed by atoms with Crippen molar-refractivity contribution in [2.24, 2.45) is 0 Å². The lowest BCUT2D eigenvalue weighted by Crippen LogP contribution is -2.38. The molecule has 0 aliphatic carbocycles. The minimum atomic E-state index is -0.376. The number of anilines is 1. The van der Waals surface area contributed by atoms with E-state index < -0.39 is 0 Å². The number of hydrogen-bond acceptors (Lipinski definition) is 5. The quantitative estimate of drug-likeness (QED) is 0.721. The number of aryl methyl sites for hydroxylation is 1. The number of carbonyl (C=O) groups is 1. The maximum absolute atomic E-state index is 12.6. The van der Waals surface area contributed by atoms with E-state index in [9.17, 15) is 9.59 Å². The molecule has 1 aromatic carbocycles. The number of nitrogen functional groups attached to an aromatic ring is 1. The van der Waals surface area contributed by atoms with Crippen LogP contribution in [0.15, 0.2) is 35.1 Å². The van der Waals surface area contributed by atoms with E-state index in [2.05, 4.69) is 15.3 Å². The standard InChI is InChI=1S/C17H23N5O2/c1-11-6-4-5-7-12(11)16(22(2)3)17(24)19-9-8-14-20-13(18)10-15(23)21-14/h4-7,10,16H,8-9H2,1-3H3,(H,19,24)(H3,18,20,21,23)/t16-/m0/s1. The van der Waals surface area contributed by atoms with E-state index in [1.54, 1.807) is 0 Å². The molecule has 0 radical (unpaired) electrons. The van der Waals surface area contributed by atoms with Gasteiger partial charge in [-0.25, -0.2) is 4.98 Å². The molecule has 2 rings (SSSR count). The maximum Gasteiger partial charge on any atom is 0.252 e. The molecule has 0 aliphatic rings. The maximum atomic E-state index is 12.6. The largest absolute Gasteiger partial charge is 0.383 e. The minimum absolute atomic E-state index is 0.0967. The van der Waals surface area contributed by atoms with Crippen molar-refractivity contribution < 1.29 is 4.79 Å². The molecule has 0 bridgehead atoms. The van der Waals surface area contributed by atoms with Gasteiger partial charge in [0.25, 0.3) is 5.56 Å². The van der Waals surface area contributed by atoms with Gasteiger partial charge in [0.15, 0.2) is 0 Å². The summed E-state index contributed by atoms with van der Waals surface area (Å²) >= 11 is 0. The summed E-state index contributed by atoms with van der Waals surface area (Å²) in [5.41, 5.74) is 7.28. The summed E-state index contributed by atoms with van der Waals surface area (Å²) in [6.45, 7) is 2.35. The second-order valence-electron chi connectivity index (χ2n) is 5.88. The Morgan fingerprint density at radius 3 is 2.71 bits per heavy atom. The number of aromatic amines is 1. The highest BCUT2D eigenvalue weighted by molar-refractivity contribution is 5.83. The van der Waals surface area contributed by atoms with E-state index in [4.69, 9.17) is 5.73 Å². The lowest BCUT2D eigenvalue weighted by Gasteiger charge is -2.25. The van der Waals surface area contributed by atoms with Crippen molar-refractivity contribution >= 4 is 11.7 Å². The molecule has 0 saturated carbocycles. The average molecular weight is 329 g/mol. The summed E-state index contributed by atoms with van der Waals surface area (Å²) in [7, 11) is 3.74. The van der Waals surface area contributed by atoms with Crippen LogP contribution in [-0.2, 0) is 11.2 Å². The molecule has 1 aromatic heterocycles. The zero-order valence-electron chi connectivity index (χ0n) is 14.2. The number of nitrogens with zero attached hydrogens (tertiary/aromatic N) is 2. The van der Waals surface area contributed by atoms with Gasteiger partial charge in [0.05, 0.1) is 0 Å². The Labute approximate surface area is 140 Å². The molecule has 0 fully saturated rings. The SMILES string of the molecule is Cc1ccccc1[C@@H](C(=O)NCCc1nc(N)cc(=O)[nH]1)N(C)C. The average Bonchev–Trinajstić information content (AvgIpc) is 2.48. The van der Waals surface area contributed by atoms with E-state index in [1.807, 2.05) is 50.2 Å². The van der Waals surface area contributed by atoms with Gasteiger partial charge in [0.2, 0.25) is 5.91 Å². The van der Waals surface area contributed by atoms with Crippen LogP contribution in [0.25, 0.3) is 0 Å². The van der Waals surface area contributed by atoms with Crippen molar-refractivity contribution in [3.63, 3.8) is 0 Å². The number of nitrogens with two attached hydrogens (primary N) is 1. The number of benzene rings is 1. The molecule has 2 aromatic rings. The Morgan fingerprint density at radius 2 is 2.08 bits per heavy atom. The first-order chi connectivity index (χ1) is 11.4. The van der Waals surface area contributed by atoms with Gasteiger partial charge in [-0.1, -0.05) is 24.3 Å². The van der Waals surface area contributed by atoms with Crippen molar-refractivity contribution in [2.45, 2.75) is 19.4 Å². The zero-order valence-corrected chi connectivity index (χ0v) is 14.2. The summed E-state index contributed by atoms with van der Waals surface area (Å²) in [6, 6.07) is 8.66. The van der Waals surface area contributed by atoms with Gasteiger partial charge in [-0.15, -0.1) is 0 Å². The third-order valence-corrected chi connectivity index (χ3v) is 3.72. The van der Waals surface area contributed by atoms with Gasteiger partial charge in [-0.3, -0.25) is 14.5 Å². The molecule has 7 nitrogen and oxygen atoms in total. The molecule has 0 unspecified atom stereocenters. The number of rotatable bonds is 6. The Balaban J connectivity index is 2.04. The third kappa shape index (κ3) is 4.42. The number of aromatic nitrogens is 2. The lowest BCUT2D eigenvalue weighted by atomic mass is 10.00. The normalized spacial score (nSPS) is 12.2. The molecule has 0 aliphatic heterocycles. The molecule has 1 atom stereocenters. The summed E-state index contributed by atoms with van der Waals surface area (Å²) in [6.07, 6.45) is 0.403. The number of nitrogens with one attached hydrogen (secondary N) is 2. The van der Waals surface area contributed by atoms with Crippen LogP contribution in [0.3, 0.4) is 0 Å². The fourth-order valence-corrected chi connectivity index (χ4v) is 2.60. The van der Waals surface area contributed by atoms with Crippen LogP contribution in [-0.4, -0.2) is 41.4 Å². The third-order valence-electron chi connectivity index (χ3n) is 3.72. The second-order valence-corrected chi connectivity index (χ2v) is 5.88. The topological polar surface area (TPSA) is 104 Å². The summed E-state index contributed by atoms with van der Waals surface area (Å²) < 4.78 is 0. The van der Waals surface area contributed by atoms with E-state index in [0.717, 1.165) is 11.1 Å². The number of carbonyl (C=O) groups excluding carboxylic acids is 1. The first-order valence-corrected chi connectivity index (χ1v) is 7.74. The molecule has 1 heterocycles. The van der Waals surface area contributed by atoms with Gasteiger partial charge in [-0.2, -0.15) is 0 Å². The Morgan fingerprint density at radius 1 is 1.38 bits per heavy atom. The first kappa shape index (κ1) is 17.7. The van der Waals surface area contributed by atoms with Crippen molar-refractivity contribution in [1.29, 1.82) is 0 Å². The van der Waals surface area contributed by atoms with Gasteiger partial charge >= 0.3 is 0 Å². The second kappa shape index (κ2) is 7.74. The number of likely N-dealkylation sites (N-methyl/N-ethyl adjacent to an activating group) is 1. The van der Waals surface area contributed by atoms with Crippen molar-refractivity contribution in [3.8, 4) is 0 Å². The molecule has 7 heteroatoms. The van der Waals surface area contributed by atoms with Crippen LogP contribution in [0.1, 0.15) is 23.0 Å². The molecule has 0 spiro atoms. The highest BCUT2D eigenvalue weighted by atomic mass is 16.2. The molecule has 0 saturated heterocycles. The molecule has 24 heavy (non-hydrogen) atoms. The highest BCUT2D eigenvalue weighted by Crippen LogP contribution is 2.21. The number of hydrogen-bond donors (Lipinski definition) is 3. The molecular formula is C17H23N5O2. The summed E-state index contributed by atoms with van der Waals surface area (Å²) in [5.74, 6) is 0.532. The minimum Gasteiger partial charge on any atom is -0.383 e. The van der Waals surface area contributed by atoms with Crippen LogP contribution in [0, 0.1) is 6.92 Å². The van der Waals surface area contributed by atoms with E-state index >= 15 is 0 Å². The fraction of sp³-hybridized carbons (Fsp3) is 0.353. The predicted octanol–water partition coefficient (Wildman–Crippen LogP) is 0.622. The smallest absolute Gasteiger partial charge is 0.252 e. The summed E-state index contributed by atoms with van der Waals surface area (Å²) in [4.78, 5) is 32.5. The van der Waals surface area contributed by atoms with Crippen molar-refractivity contribution in [3.05, 3.63) is 57.6 Å². The first-order valence-electron chi connectivity index (χ1n) is 7.74.